The van der Waals surface area contributed by atoms with Gasteiger partial charge in [0.05, 0.1) is 19.3 Å². The number of nitrogens with zero attached hydrogens (tertiary/aromatic N) is 2. The monoisotopic (exact) mass is 470 g/mol. The van der Waals surface area contributed by atoms with E-state index in [1.807, 2.05) is 42.7 Å². The fourth-order valence-electron chi connectivity index (χ4n) is 4.37. The van der Waals surface area contributed by atoms with E-state index in [1.165, 1.54) is 0 Å². The van der Waals surface area contributed by atoms with Gasteiger partial charge in [0.15, 0.2) is 0 Å². The van der Waals surface area contributed by atoms with Crippen LogP contribution in [0.1, 0.15) is 36.8 Å². The van der Waals surface area contributed by atoms with Gasteiger partial charge in [-0.15, -0.1) is 0 Å². The third-order valence-corrected chi connectivity index (χ3v) is 6.14. The summed E-state index contributed by atoms with van der Waals surface area (Å²) in [4.78, 5) is 39.6. The topological polar surface area (TPSA) is 117 Å². The minimum atomic E-state index is -0.263. The molecule has 1 atom stereocenters. The van der Waals surface area contributed by atoms with E-state index in [0.717, 1.165) is 43.8 Å². The molecule has 4 rings (SSSR count). The molecule has 34 heavy (non-hydrogen) atoms. The van der Waals surface area contributed by atoms with E-state index in [0.29, 0.717) is 36.9 Å². The molecular formula is C24H34N6O4. The number of anilines is 1. The highest BCUT2D eigenvalue weighted by molar-refractivity contribution is 6.01. The molecule has 1 unspecified atom stereocenters. The van der Waals surface area contributed by atoms with Crippen molar-refractivity contribution in [2.45, 2.75) is 26.3 Å². The van der Waals surface area contributed by atoms with Gasteiger partial charge in [-0.3, -0.25) is 14.5 Å². The van der Waals surface area contributed by atoms with Crippen molar-refractivity contribution in [3.8, 4) is 0 Å². The Balaban J connectivity index is 1.41. The van der Waals surface area contributed by atoms with E-state index in [2.05, 4.69) is 26.2 Å². The van der Waals surface area contributed by atoms with Crippen LogP contribution < -0.4 is 21.3 Å². The number of amides is 4. The Bertz CT molecular complexity index is 1040. The van der Waals surface area contributed by atoms with Crippen LogP contribution in [0.3, 0.4) is 0 Å². The Labute approximate surface area is 199 Å². The number of benzene rings is 1. The predicted octanol–water partition coefficient (Wildman–Crippen LogP) is 1.54. The molecule has 0 bridgehead atoms. The molecule has 10 heteroatoms. The van der Waals surface area contributed by atoms with Crippen LogP contribution in [0.4, 0.5) is 10.5 Å². The van der Waals surface area contributed by atoms with Gasteiger partial charge in [-0.05, 0) is 30.2 Å². The van der Waals surface area contributed by atoms with Gasteiger partial charge in [-0.25, -0.2) is 4.79 Å². The molecular weight excluding hydrogens is 436 g/mol. The Morgan fingerprint density at radius 1 is 1.18 bits per heavy atom. The number of carbonyl (C=O) groups excluding carboxylic acids is 3. The number of hydrogen-bond acceptors (Lipinski definition) is 5. The molecule has 0 radical (unpaired) electrons. The van der Waals surface area contributed by atoms with E-state index in [1.54, 1.807) is 0 Å². The first-order valence-corrected chi connectivity index (χ1v) is 12.0. The van der Waals surface area contributed by atoms with Crippen molar-refractivity contribution in [3.63, 3.8) is 0 Å². The highest BCUT2D eigenvalue weighted by atomic mass is 16.5. The SMILES string of the molecule is CC(C)CNC(=O)Nc1ccc2c(c1)cc1n2C(CC(=O)NCCN2CCOCC2)CNC1=O. The van der Waals surface area contributed by atoms with E-state index >= 15 is 0 Å². The Morgan fingerprint density at radius 3 is 2.74 bits per heavy atom. The number of ether oxygens (including phenoxy) is 1. The number of fused-ring (bicyclic) bond motifs is 3. The predicted molar refractivity (Wildman–Crippen MR) is 130 cm³/mol. The van der Waals surface area contributed by atoms with Crippen molar-refractivity contribution in [1.29, 1.82) is 0 Å². The summed E-state index contributed by atoms with van der Waals surface area (Å²) < 4.78 is 7.30. The van der Waals surface area contributed by atoms with Crippen LogP contribution in [0.5, 0.6) is 0 Å². The number of morpholine rings is 1. The molecule has 10 nitrogen and oxygen atoms in total. The molecule has 3 heterocycles. The number of carbonyl (C=O) groups is 3. The quantitative estimate of drug-likeness (QED) is 0.467. The smallest absolute Gasteiger partial charge is 0.319 e. The first kappa shape index (κ1) is 24.0. The van der Waals surface area contributed by atoms with Gasteiger partial charge in [0, 0.05) is 62.3 Å². The first-order valence-electron chi connectivity index (χ1n) is 12.0. The number of nitrogens with one attached hydrogen (secondary N) is 4. The van der Waals surface area contributed by atoms with Crippen molar-refractivity contribution < 1.29 is 19.1 Å². The first-order chi connectivity index (χ1) is 16.4. The summed E-state index contributed by atoms with van der Waals surface area (Å²) in [5.41, 5.74) is 2.03. The summed E-state index contributed by atoms with van der Waals surface area (Å²) in [7, 11) is 0. The van der Waals surface area contributed by atoms with Gasteiger partial charge in [0.1, 0.15) is 5.69 Å². The molecule has 1 saturated heterocycles. The molecule has 4 amide bonds. The maximum Gasteiger partial charge on any atom is 0.319 e. The second-order valence-electron chi connectivity index (χ2n) is 9.27. The maximum absolute atomic E-state index is 12.7. The molecule has 2 aromatic rings. The van der Waals surface area contributed by atoms with Crippen LogP contribution in [-0.4, -0.2) is 79.8 Å². The van der Waals surface area contributed by atoms with Crippen molar-refractivity contribution in [2.24, 2.45) is 5.92 Å². The lowest BCUT2D eigenvalue weighted by Gasteiger charge is -2.28. The summed E-state index contributed by atoms with van der Waals surface area (Å²) in [5, 5.41) is 12.4. The maximum atomic E-state index is 12.7. The van der Waals surface area contributed by atoms with Gasteiger partial charge in [-0.1, -0.05) is 13.8 Å². The van der Waals surface area contributed by atoms with E-state index in [4.69, 9.17) is 4.74 Å². The van der Waals surface area contributed by atoms with E-state index in [9.17, 15) is 14.4 Å². The number of rotatable bonds is 8. The van der Waals surface area contributed by atoms with Gasteiger partial charge in [0.2, 0.25) is 5.91 Å². The average Bonchev–Trinajstić information content (AvgIpc) is 3.20. The van der Waals surface area contributed by atoms with Gasteiger partial charge >= 0.3 is 6.03 Å². The minimum absolute atomic E-state index is 0.0395. The lowest BCUT2D eigenvalue weighted by atomic mass is 10.1. The summed E-state index contributed by atoms with van der Waals surface area (Å²) in [5.74, 6) is 0.158. The normalized spacial score (nSPS) is 18.4. The Hall–Kier alpha value is -3.11. The van der Waals surface area contributed by atoms with Crippen LogP contribution in [0, 0.1) is 5.92 Å². The number of hydrogen-bond donors (Lipinski definition) is 4. The molecule has 0 spiro atoms. The van der Waals surface area contributed by atoms with Gasteiger partial charge in [-0.2, -0.15) is 0 Å². The molecule has 0 saturated carbocycles. The zero-order valence-corrected chi connectivity index (χ0v) is 19.9. The zero-order valence-electron chi connectivity index (χ0n) is 19.9. The molecule has 2 aliphatic rings. The standard InChI is InChI=1S/C24H34N6O4/c1-16(2)14-27-24(33)28-18-3-4-20-17(11-18)12-21-23(32)26-15-19(30(20)21)13-22(31)25-5-6-29-7-9-34-10-8-29/h3-4,11-12,16,19H,5-10,13-15H2,1-2H3,(H,25,31)(H,26,32)(H2,27,28,33). The lowest BCUT2D eigenvalue weighted by Crippen LogP contribution is -2.43. The molecule has 1 aromatic heterocycles. The van der Waals surface area contributed by atoms with E-state index < -0.39 is 0 Å². The van der Waals surface area contributed by atoms with Crippen LogP contribution in [-0.2, 0) is 9.53 Å². The second-order valence-corrected chi connectivity index (χ2v) is 9.27. The lowest BCUT2D eigenvalue weighted by molar-refractivity contribution is -0.121. The third kappa shape index (κ3) is 5.87. The van der Waals surface area contributed by atoms with Crippen LogP contribution in [0.25, 0.3) is 10.9 Å². The van der Waals surface area contributed by atoms with Gasteiger partial charge in [0.25, 0.3) is 5.91 Å². The van der Waals surface area contributed by atoms with Crippen LogP contribution in [0.2, 0.25) is 0 Å². The third-order valence-electron chi connectivity index (χ3n) is 6.14. The van der Waals surface area contributed by atoms with Crippen molar-refractivity contribution in [3.05, 3.63) is 30.0 Å². The summed E-state index contributed by atoms with van der Waals surface area (Å²) >= 11 is 0. The fourth-order valence-corrected chi connectivity index (χ4v) is 4.37. The molecule has 1 fully saturated rings. The molecule has 4 N–H and O–H groups in total. The largest absolute Gasteiger partial charge is 0.379 e. The van der Waals surface area contributed by atoms with Gasteiger partial charge < -0.3 is 30.6 Å². The van der Waals surface area contributed by atoms with Crippen molar-refractivity contribution in [1.82, 2.24) is 25.4 Å². The van der Waals surface area contributed by atoms with Crippen molar-refractivity contribution >= 4 is 34.4 Å². The zero-order chi connectivity index (χ0) is 24.1. The summed E-state index contributed by atoms with van der Waals surface area (Å²) in [6, 6.07) is 6.92. The Kier molecular flexibility index (Phi) is 7.69. The molecule has 2 aliphatic heterocycles. The van der Waals surface area contributed by atoms with Crippen molar-refractivity contribution in [2.75, 3.05) is 57.8 Å². The average molecular weight is 471 g/mol. The minimum Gasteiger partial charge on any atom is -0.379 e. The Morgan fingerprint density at radius 2 is 1.97 bits per heavy atom. The summed E-state index contributed by atoms with van der Waals surface area (Å²) in [6.45, 7) is 9.68. The van der Waals surface area contributed by atoms with Crippen LogP contribution in [0.15, 0.2) is 24.3 Å². The highest BCUT2D eigenvalue weighted by Gasteiger charge is 2.28. The number of urea groups is 1. The van der Waals surface area contributed by atoms with E-state index in [-0.39, 0.29) is 30.3 Å². The molecule has 0 aliphatic carbocycles. The second kappa shape index (κ2) is 10.9. The molecule has 184 valence electrons. The number of aromatic nitrogens is 1. The molecule has 1 aromatic carbocycles. The highest BCUT2D eigenvalue weighted by Crippen LogP contribution is 2.30. The van der Waals surface area contributed by atoms with Crippen LogP contribution >= 0.6 is 0 Å². The summed E-state index contributed by atoms with van der Waals surface area (Å²) in [6.07, 6.45) is 0.276. The fraction of sp³-hybridized carbons (Fsp3) is 0.542.